The van der Waals surface area contributed by atoms with Crippen molar-refractivity contribution in [1.82, 2.24) is 5.32 Å². The van der Waals surface area contributed by atoms with Crippen LogP contribution in [0.15, 0.2) is 24.3 Å². The highest BCUT2D eigenvalue weighted by molar-refractivity contribution is 7.80. The third-order valence-corrected chi connectivity index (χ3v) is 2.47. The molecule has 0 aliphatic heterocycles. The van der Waals surface area contributed by atoms with E-state index in [9.17, 15) is 4.79 Å². The quantitative estimate of drug-likeness (QED) is 0.567. The van der Waals surface area contributed by atoms with Gasteiger partial charge in [-0.2, -0.15) is 0 Å². The number of aliphatic carboxylic acids is 1. The molecule has 0 aromatic heterocycles. The smallest absolute Gasteiger partial charge is 0.328 e. The number of ether oxygens (including phenoxy) is 1. The van der Waals surface area contributed by atoms with Crippen LogP contribution in [-0.4, -0.2) is 29.8 Å². The number of carboxylic acids is 1. The number of anilines is 1. The average molecular weight is 280 g/mol. The Balaban J connectivity index is 2.95. The van der Waals surface area contributed by atoms with Crippen molar-refractivity contribution >= 4 is 35.1 Å². The predicted molar refractivity (Wildman–Crippen MR) is 79.6 cm³/mol. The van der Waals surface area contributed by atoms with Crippen LogP contribution in [0.3, 0.4) is 0 Å². The van der Waals surface area contributed by atoms with Crippen molar-refractivity contribution in [3.05, 3.63) is 29.8 Å². The number of carbonyl (C=O) groups is 1. The lowest BCUT2D eigenvalue weighted by molar-refractivity contribution is -0.131. The van der Waals surface area contributed by atoms with E-state index in [1.807, 2.05) is 6.92 Å². The van der Waals surface area contributed by atoms with E-state index in [1.165, 1.54) is 6.08 Å². The van der Waals surface area contributed by atoms with Gasteiger partial charge in [0.25, 0.3) is 0 Å². The molecular weight excluding hydrogens is 264 g/mol. The van der Waals surface area contributed by atoms with Gasteiger partial charge in [-0.1, -0.05) is 6.07 Å². The number of thiocarbonyl (C=S) groups is 1. The van der Waals surface area contributed by atoms with E-state index >= 15 is 0 Å². The van der Waals surface area contributed by atoms with Crippen LogP contribution in [0.2, 0.25) is 0 Å². The van der Waals surface area contributed by atoms with E-state index in [-0.39, 0.29) is 0 Å². The largest absolute Gasteiger partial charge is 0.495 e. The zero-order valence-corrected chi connectivity index (χ0v) is 11.6. The molecule has 0 radical (unpaired) electrons. The third kappa shape index (κ3) is 4.97. The summed E-state index contributed by atoms with van der Waals surface area (Å²) in [5, 5.41) is 15.1. The van der Waals surface area contributed by atoms with Gasteiger partial charge >= 0.3 is 5.97 Å². The minimum Gasteiger partial charge on any atom is -0.495 e. The fraction of sp³-hybridized carbons (Fsp3) is 0.231. The summed E-state index contributed by atoms with van der Waals surface area (Å²) in [5.41, 5.74) is 1.42. The molecule has 0 aliphatic carbocycles. The van der Waals surface area contributed by atoms with Gasteiger partial charge in [-0.25, -0.2) is 4.79 Å². The van der Waals surface area contributed by atoms with Gasteiger partial charge in [-0.15, -0.1) is 0 Å². The molecule has 6 heteroatoms. The van der Waals surface area contributed by atoms with Gasteiger partial charge < -0.3 is 20.5 Å². The zero-order valence-electron chi connectivity index (χ0n) is 10.8. The van der Waals surface area contributed by atoms with E-state index in [0.717, 1.165) is 11.6 Å². The van der Waals surface area contributed by atoms with Gasteiger partial charge in [0, 0.05) is 12.6 Å². The molecule has 19 heavy (non-hydrogen) atoms. The average Bonchev–Trinajstić information content (AvgIpc) is 2.36. The summed E-state index contributed by atoms with van der Waals surface area (Å²) >= 11 is 5.10. The maximum atomic E-state index is 10.5. The van der Waals surface area contributed by atoms with Crippen molar-refractivity contribution in [2.75, 3.05) is 19.0 Å². The Labute approximate surface area is 117 Å². The number of hydrogen-bond acceptors (Lipinski definition) is 3. The molecule has 0 bridgehead atoms. The van der Waals surface area contributed by atoms with Gasteiger partial charge in [-0.05, 0) is 42.9 Å². The van der Waals surface area contributed by atoms with Crippen LogP contribution < -0.4 is 15.4 Å². The fourth-order valence-corrected chi connectivity index (χ4v) is 1.68. The van der Waals surface area contributed by atoms with Crippen molar-refractivity contribution in [2.45, 2.75) is 6.92 Å². The molecule has 102 valence electrons. The SMILES string of the molecule is CCNC(=S)Nc1cc(/C=C/C(=O)O)ccc1OC. The molecule has 0 spiro atoms. The number of carboxylic acid groups (broad SMARTS) is 1. The van der Waals surface area contributed by atoms with E-state index < -0.39 is 5.97 Å². The van der Waals surface area contributed by atoms with Crippen LogP contribution in [0.25, 0.3) is 6.08 Å². The van der Waals surface area contributed by atoms with Crippen LogP contribution in [-0.2, 0) is 4.79 Å². The van der Waals surface area contributed by atoms with Crippen molar-refractivity contribution < 1.29 is 14.6 Å². The first kappa shape index (κ1) is 15.0. The number of benzene rings is 1. The number of methoxy groups -OCH3 is 1. The normalized spacial score (nSPS) is 10.2. The molecule has 0 amide bonds. The van der Waals surface area contributed by atoms with Crippen LogP contribution in [0, 0.1) is 0 Å². The summed E-state index contributed by atoms with van der Waals surface area (Å²) in [5.74, 6) is -0.360. The topological polar surface area (TPSA) is 70.6 Å². The maximum absolute atomic E-state index is 10.5. The Morgan fingerprint density at radius 2 is 2.26 bits per heavy atom. The molecule has 1 rings (SSSR count). The van der Waals surface area contributed by atoms with Crippen LogP contribution >= 0.6 is 12.2 Å². The molecule has 0 atom stereocenters. The Kier molecular flexibility index (Phi) is 5.81. The molecule has 0 fully saturated rings. The molecule has 1 aromatic rings. The molecule has 5 nitrogen and oxygen atoms in total. The van der Waals surface area contributed by atoms with Crippen LogP contribution in [0.5, 0.6) is 5.75 Å². The van der Waals surface area contributed by atoms with Crippen molar-refractivity contribution in [2.24, 2.45) is 0 Å². The van der Waals surface area contributed by atoms with E-state index in [4.69, 9.17) is 22.1 Å². The molecule has 0 unspecified atom stereocenters. The standard InChI is InChI=1S/C13H16N2O3S/c1-3-14-13(19)15-10-8-9(5-7-12(16)17)4-6-11(10)18-2/h4-8H,3H2,1-2H3,(H,16,17)(H2,14,15,19)/b7-5+. The first-order valence-electron chi connectivity index (χ1n) is 5.70. The summed E-state index contributed by atoms with van der Waals surface area (Å²) < 4.78 is 5.21. The highest BCUT2D eigenvalue weighted by Gasteiger charge is 2.05. The Morgan fingerprint density at radius 3 is 2.84 bits per heavy atom. The third-order valence-electron chi connectivity index (χ3n) is 2.23. The molecule has 1 aromatic carbocycles. The maximum Gasteiger partial charge on any atom is 0.328 e. The van der Waals surface area contributed by atoms with Gasteiger partial charge in [0.2, 0.25) is 0 Å². The van der Waals surface area contributed by atoms with Crippen LogP contribution in [0.1, 0.15) is 12.5 Å². The lowest BCUT2D eigenvalue weighted by atomic mass is 10.1. The van der Waals surface area contributed by atoms with E-state index in [1.54, 1.807) is 25.3 Å². The van der Waals surface area contributed by atoms with Crippen LogP contribution in [0.4, 0.5) is 5.69 Å². The summed E-state index contributed by atoms with van der Waals surface area (Å²) in [7, 11) is 1.56. The Morgan fingerprint density at radius 1 is 1.53 bits per heavy atom. The number of hydrogen-bond donors (Lipinski definition) is 3. The number of rotatable bonds is 5. The highest BCUT2D eigenvalue weighted by atomic mass is 32.1. The number of nitrogens with one attached hydrogen (secondary N) is 2. The molecule has 0 heterocycles. The Bertz CT molecular complexity index is 501. The lowest BCUT2D eigenvalue weighted by Crippen LogP contribution is -2.28. The summed E-state index contributed by atoms with van der Waals surface area (Å²) in [6.07, 6.45) is 2.58. The zero-order chi connectivity index (χ0) is 14.3. The van der Waals surface area contributed by atoms with Crippen molar-refractivity contribution in [3.63, 3.8) is 0 Å². The fourth-order valence-electron chi connectivity index (χ4n) is 1.42. The molecule has 3 N–H and O–H groups in total. The molecular formula is C13H16N2O3S. The first-order valence-corrected chi connectivity index (χ1v) is 6.11. The highest BCUT2D eigenvalue weighted by Crippen LogP contribution is 2.26. The molecule has 0 aliphatic rings. The second kappa shape index (κ2) is 7.38. The monoisotopic (exact) mass is 280 g/mol. The minimum absolute atomic E-state index is 0.486. The van der Waals surface area contributed by atoms with E-state index in [2.05, 4.69) is 10.6 Å². The van der Waals surface area contributed by atoms with Gasteiger partial charge in [0.15, 0.2) is 5.11 Å². The minimum atomic E-state index is -0.992. The Hall–Kier alpha value is -2.08. The van der Waals surface area contributed by atoms with Crippen molar-refractivity contribution in [3.8, 4) is 5.75 Å². The predicted octanol–water partition coefficient (Wildman–Crippen LogP) is 2.10. The summed E-state index contributed by atoms with van der Waals surface area (Å²) in [6, 6.07) is 5.28. The van der Waals surface area contributed by atoms with E-state index in [0.29, 0.717) is 23.1 Å². The first-order chi connectivity index (χ1) is 9.06. The van der Waals surface area contributed by atoms with Crippen molar-refractivity contribution in [1.29, 1.82) is 0 Å². The summed E-state index contributed by atoms with van der Waals surface area (Å²) in [4.78, 5) is 10.5. The van der Waals surface area contributed by atoms with Gasteiger partial charge in [0.05, 0.1) is 12.8 Å². The summed E-state index contributed by atoms with van der Waals surface area (Å²) in [6.45, 7) is 2.66. The molecule has 0 saturated heterocycles. The van der Waals surface area contributed by atoms with Gasteiger partial charge in [-0.3, -0.25) is 0 Å². The lowest BCUT2D eigenvalue weighted by Gasteiger charge is -2.13. The second-order valence-electron chi connectivity index (χ2n) is 3.62. The van der Waals surface area contributed by atoms with Gasteiger partial charge in [0.1, 0.15) is 5.75 Å². The second-order valence-corrected chi connectivity index (χ2v) is 4.02. The molecule has 0 saturated carbocycles.